The number of carbonyl (C=O) groups excluding carboxylic acids is 1. The van der Waals surface area contributed by atoms with E-state index in [9.17, 15) is 4.79 Å². The Kier molecular flexibility index (Phi) is 5.92. The molecule has 2 N–H and O–H groups in total. The van der Waals surface area contributed by atoms with Crippen LogP contribution in [-0.2, 0) is 11.2 Å². The van der Waals surface area contributed by atoms with Crippen LogP contribution in [0, 0.1) is 0 Å². The minimum absolute atomic E-state index is 0. The Morgan fingerprint density at radius 2 is 1.93 bits per heavy atom. The van der Waals surface area contributed by atoms with Crippen LogP contribution in [0.15, 0.2) is 30.3 Å². The van der Waals surface area contributed by atoms with Crippen molar-refractivity contribution in [1.82, 2.24) is 5.01 Å². The minimum atomic E-state index is -0.0381. The predicted octanol–water partition coefficient (Wildman–Crippen LogP) is 1.37. The van der Waals surface area contributed by atoms with E-state index in [0.29, 0.717) is 6.42 Å². The third kappa shape index (κ3) is 4.25. The van der Waals surface area contributed by atoms with E-state index in [2.05, 4.69) is 0 Å². The molecule has 0 aromatic heterocycles. The van der Waals surface area contributed by atoms with E-state index in [1.54, 1.807) is 7.05 Å². The number of halogens is 1. The maximum absolute atomic E-state index is 11.1. The first-order valence-electron chi connectivity index (χ1n) is 4.25. The third-order valence-electron chi connectivity index (χ3n) is 1.86. The van der Waals surface area contributed by atoms with Gasteiger partial charge in [-0.15, -0.1) is 12.4 Å². The summed E-state index contributed by atoms with van der Waals surface area (Å²) in [5.74, 6) is 5.25. The van der Waals surface area contributed by atoms with Gasteiger partial charge in [-0.1, -0.05) is 30.3 Å². The van der Waals surface area contributed by atoms with Crippen molar-refractivity contribution >= 4 is 18.3 Å². The number of aryl methyl sites for hydroxylation is 1. The quantitative estimate of drug-likeness (QED) is 0.469. The molecule has 78 valence electrons. The molecule has 1 aromatic carbocycles. The molecule has 0 aliphatic rings. The highest BCUT2D eigenvalue weighted by Crippen LogP contribution is 2.02. The zero-order valence-corrected chi connectivity index (χ0v) is 8.96. The van der Waals surface area contributed by atoms with Crippen molar-refractivity contribution in [3.05, 3.63) is 35.9 Å². The van der Waals surface area contributed by atoms with Gasteiger partial charge in [-0.3, -0.25) is 9.80 Å². The Bertz CT molecular complexity index is 275. The molecule has 0 bridgehead atoms. The number of carbonyl (C=O) groups is 1. The van der Waals surface area contributed by atoms with Crippen LogP contribution in [-0.4, -0.2) is 18.0 Å². The van der Waals surface area contributed by atoms with Gasteiger partial charge in [-0.05, 0) is 12.0 Å². The van der Waals surface area contributed by atoms with E-state index in [1.165, 1.54) is 0 Å². The zero-order chi connectivity index (χ0) is 9.68. The van der Waals surface area contributed by atoms with Gasteiger partial charge < -0.3 is 0 Å². The molecule has 0 unspecified atom stereocenters. The Hall–Kier alpha value is -1.06. The molecule has 0 aliphatic heterocycles. The van der Waals surface area contributed by atoms with Gasteiger partial charge in [0.1, 0.15) is 0 Å². The Morgan fingerprint density at radius 3 is 2.43 bits per heavy atom. The van der Waals surface area contributed by atoms with Crippen molar-refractivity contribution in [2.24, 2.45) is 5.84 Å². The van der Waals surface area contributed by atoms with E-state index < -0.39 is 0 Å². The largest absolute Gasteiger partial charge is 0.284 e. The molecule has 0 fully saturated rings. The average Bonchev–Trinajstić information content (AvgIpc) is 2.15. The smallest absolute Gasteiger partial charge is 0.236 e. The van der Waals surface area contributed by atoms with Crippen LogP contribution < -0.4 is 5.84 Å². The van der Waals surface area contributed by atoms with Crippen molar-refractivity contribution in [2.45, 2.75) is 12.8 Å². The zero-order valence-electron chi connectivity index (χ0n) is 8.14. The molecule has 14 heavy (non-hydrogen) atoms. The number of hydrazine groups is 1. The van der Waals surface area contributed by atoms with Gasteiger partial charge in [0.05, 0.1) is 0 Å². The molecule has 4 heteroatoms. The molecule has 1 aromatic rings. The Labute approximate surface area is 90.3 Å². The highest BCUT2D eigenvalue weighted by Gasteiger charge is 2.03. The fourth-order valence-corrected chi connectivity index (χ4v) is 1.07. The molecule has 0 heterocycles. The molecule has 0 atom stereocenters. The van der Waals surface area contributed by atoms with Crippen molar-refractivity contribution in [1.29, 1.82) is 0 Å². The average molecular weight is 215 g/mol. The van der Waals surface area contributed by atoms with Gasteiger partial charge in [0, 0.05) is 13.5 Å². The molecule has 0 saturated carbocycles. The van der Waals surface area contributed by atoms with Gasteiger partial charge in [0.25, 0.3) is 0 Å². The van der Waals surface area contributed by atoms with Gasteiger partial charge >= 0.3 is 0 Å². The third-order valence-corrected chi connectivity index (χ3v) is 1.86. The SMILES string of the molecule is CN(N)C(=O)CCc1ccccc1.Cl. The monoisotopic (exact) mass is 214 g/mol. The van der Waals surface area contributed by atoms with E-state index in [1.807, 2.05) is 30.3 Å². The maximum atomic E-state index is 11.1. The lowest BCUT2D eigenvalue weighted by atomic mass is 10.1. The lowest BCUT2D eigenvalue weighted by Gasteiger charge is -2.08. The van der Waals surface area contributed by atoms with E-state index in [4.69, 9.17) is 5.84 Å². The van der Waals surface area contributed by atoms with Gasteiger partial charge in [-0.25, -0.2) is 5.84 Å². The van der Waals surface area contributed by atoms with E-state index >= 15 is 0 Å². The molecule has 1 rings (SSSR count). The summed E-state index contributed by atoms with van der Waals surface area (Å²) in [4.78, 5) is 11.1. The highest BCUT2D eigenvalue weighted by molar-refractivity contribution is 5.85. The summed E-state index contributed by atoms with van der Waals surface area (Å²) >= 11 is 0. The summed E-state index contributed by atoms with van der Waals surface area (Å²) in [6.07, 6.45) is 1.22. The normalized spacial score (nSPS) is 9.00. The molecule has 0 aliphatic carbocycles. The van der Waals surface area contributed by atoms with Crippen LogP contribution in [0.25, 0.3) is 0 Å². The van der Waals surface area contributed by atoms with Gasteiger partial charge in [0.2, 0.25) is 5.91 Å². The molecule has 1 amide bonds. The second-order valence-corrected chi connectivity index (χ2v) is 2.99. The molecular weight excluding hydrogens is 200 g/mol. The standard InChI is InChI=1S/C10H14N2O.ClH/c1-12(11)10(13)8-7-9-5-3-2-4-6-9;/h2-6H,7-8,11H2,1H3;1H. The first kappa shape index (κ1) is 12.9. The van der Waals surface area contributed by atoms with Crippen molar-refractivity contribution in [3.8, 4) is 0 Å². The summed E-state index contributed by atoms with van der Waals surface area (Å²) in [6, 6.07) is 9.89. The number of hydrogen-bond acceptors (Lipinski definition) is 2. The molecule has 0 radical (unpaired) electrons. The number of benzene rings is 1. The second-order valence-electron chi connectivity index (χ2n) is 2.99. The number of hydrogen-bond donors (Lipinski definition) is 1. The maximum Gasteiger partial charge on any atom is 0.236 e. The molecule has 0 saturated heterocycles. The summed E-state index contributed by atoms with van der Waals surface area (Å²) in [5.41, 5.74) is 1.16. The Balaban J connectivity index is 0.00000169. The summed E-state index contributed by atoms with van der Waals surface area (Å²) < 4.78 is 0. The topological polar surface area (TPSA) is 46.3 Å². The Morgan fingerprint density at radius 1 is 1.36 bits per heavy atom. The van der Waals surface area contributed by atoms with Crippen molar-refractivity contribution < 1.29 is 4.79 Å². The summed E-state index contributed by atoms with van der Waals surface area (Å²) in [6.45, 7) is 0. The van der Waals surface area contributed by atoms with E-state index in [0.717, 1.165) is 17.0 Å². The van der Waals surface area contributed by atoms with Crippen molar-refractivity contribution in [3.63, 3.8) is 0 Å². The number of amides is 1. The van der Waals surface area contributed by atoms with Crippen LogP contribution >= 0.6 is 12.4 Å². The van der Waals surface area contributed by atoms with Crippen LogP contribution in [0.3, 0.4) is 0 Å². The number of nitrogens with zero attached hydrogens (tertiary/aromatic N) is 1. The predicted molar refractivity (Wildman–Crippen MR) is 59.0 cm³/mol. The lowest BCUT2D eigenvalue weighted by molar-refractivity contribution is -0.130. The first-order chi connectivity index (χ1) is 6.20. The fourth-order valence-electron chi connectivity index (χ4n) is 1.07. The van der Waals surface area contributed by atoms with Gasteiger partial charge in [0.15, 0.2) is 0 Å². The van der Waals surface area contributed by atoms with Crippen molar-refractivity contribution in [2.75, 3.05) is 7.05 Å². The summed E-state index contributed by atoms with van der Waals surface area (Å²) in [5, 5.41) is 1.13. The van der Waals surface area contributed by atoms with Crippen LogP contribution in [0.2, 0.25) is 0 Å². The second kappa shape index (κ2) is 6.40. The van der Waals surface area contributed by atoms with Crippen LogP contribution in [0.4, 0.5) is 0 Å². The first-order valence-corrected chi connectivity index (χ1v) is 4.25. The molecule has 3 nitrogen and oxygen atoms in total. The lowest BCUT2D eigenvalue weighted by Crippen LogP contribution is -2.33. The number of nitrogens with two attached hydrogens (primary N) is 1. The van der Waals surface area contributed by atoms with Gasteiger partial charge in [-0.2, -0.15) is 0 Å². The summed E-state index contributed by atoms with van der Waals surface area (Å²) in [7, 11) is 1.56. The fraction of sp³-hybridized carbons (Fsp3) is 0.300. The highest BCUT2D eigenvalue weighted by atomic mass is 35.5. The molecular formula is C10H15ClN2O. The van der Waals surface area contributed by atoms with E-state index in [-0.39, 0.29) is 18.3 Å². The number of rotatable bonds is 3. The van der Waals surface area contributed by atoms with Crippen LogP contribution in [0.1, 0.15) is 12.0 Å². The minimum Gasteiger partial charge on any atom is -0.284 e. The molecule has 0 spiro atoms. The van der Waals surface area contributed by atoms with Crippen LogP contribution in [0.5, 0.6) is 0 Å².